The molecular weight excluding hydrogens is 248 g/mol. The molecule has 0 aromatic carbocycles. The fourth-order valence-electron chi connectivity index (χ4n) is 3.29. The largest absolute Gasteiger partial charge is 0.411 e. The van der Waals surface area contributed by atoms with Crippen molar-refractivity contribution in [2.45, 2.75) is 90.0 Å². The van der Waals surface area contributed by atoms with E-state index in [0.29, 0.717) is 0 Å². The Morgan fingerprint density at radius 1 is 1.16 bits per heavy atom. The predicted molar refractivity (Wildman–Crippen MR) is 86.7 cm³/mol. The quantitative estimate of drug-likeness (QED) is 0.361. The van der Waals surface area contributed by atoms with Crippen molar-refractivity contribution < 1.29 is 4.43 Å². The minimum atomic E-state index is -1.52. The van der Waals surface area contributed by atoms with E-state index in [2.05, 4.69) is 32.5 Å². The maximum absolute atomic E-state index is 6.38. The predicted octanol–water partition coefficient (Wildman–Crippen LogP) is 5.37. The van der Waals surface area contributed by atoms with Crippen molar-refractivity contribution in [1.29, 1.82) is 0 Å². The van der Waals surface area contributed by atoms with Gasteiger partial charge in [-0.1, -0.05) is 38.5 Å². The molecule has 0 radical (unpaired) electrons. The molecule has 1 fully saturated rings. The van der Waals surface area contributed by atoms with Crippen LogP contribution < -0.4 is 0 Å². The highest BCUT2D eigenvalue weighted by molar-refractivity contribution is 6.69. The van der Waals surface area contributed by atoms with Crippen LogP contribution in [-0.4, -0.2) is 13.9 Å². The maximum Gasteiger partial charge on any atom is 0.184 e. The maximum atomic E-state index is 6.38. The minimum Gasteiger partial charge on any atom is -0.411 e. The van der Waals surface area contributed by atoms with E-state index in [-0.39, 0.29) is 5.60 Å². The summed E-state index contributed by atoms with van der Waals surface area (Å²) in [5.41, 5.74) is -0.0917. The average molecular weight is 281 g/mol. The highest BCUT2D eigenvalue weighted by Crippen LogP contribution is 2.32. The molecule has 0 saturated heterocycles. The molecule has 2 heteroatoms. The summed E-state index contributed by atoms with van der Waals surface area (Å²) in [6, 6.07) is 0. The lowest BCUT2D eigenvalue weighted by Crippen LogP contribution is -2.40. The van der Waals surface area contributed by atoms with Gasteiger partial charge in [-0.25, -0.2) is 0 Å². The van der Waals surface area contributed by atoms with Crippen LogP contribution in [0.25, 0.3) is 0 Å². The van der Waals surface area contributed by atoms with E-state index in [0.717, 1.165) is 18.8 Å². The van der Waals surface area contributed by atoms with E-state index in [4.69, 9.17) is 10.8 Å². The SMILES string of the molecule is C#CC[C@](C)(CCC1CCCCCC1)O[Si](C)(C)C. The van der Waals surface area contributed by atoms with Gasteiger partial charge >= 0.3 is 0 Å². The van der Waals surface area contributed by atoms with E-state index < -0.39 is 8.32 Å². The summed E-state index contributed by atoms with van der Waals surface area (Å²) in [5.74, 6) is 3.74. The van der Waals surface area contributed by atoms with E-state index in [9.17, 15) is 0 Å². The van der Waals surface area contributed by atoms with Crippen LogP contribution in [0, 0.1) is 18.3 Å². The van der Waals surface area contributed by atoms with Crippen molar-refractivity contribution in [1.82, 2.24) is 0 Å². The molecule has 0 aromatic heterocycles. The molecule has 0 aliphatic heterocycles. The molecule has 0 heterocycles. The second-order valence-corrected chi connectivity index (χ2v) is 11.9. The molecular formula is C17H32OSi. The normalized spacial score (nSPS) is 21.4. The molecule has 1 saturated carbocycles. The second kappa shape index (κ2) is 7.50. The van der Waals surface area contributed by atoms with Crippen LogP contribution in [0.15, 0.2) is 0 Å². The first-order chi connectivity index (χ1) is 8.85. The van der Waals surface area contributed by atoms with Gasteiger partial charge in [0.15, 0.2) is 8.32 Å². The molecule has 0 spiro atoms. The van der Waals surface area contributed by atoms with E-state index in [1.54, 1.807) is 0 Å². The number of hydrogen-bond acceptors (Lipinski definition) is 1. The fourth-order valence-corrected chi connectivity index (χ4v) is 4.95. The monoisotopic (exact) mass is 280 g/mol. The summed E-state index contributed by atoms with van der Waals surface area (Å²) in [6.07, 6.45) is 17.3. The van der Waals surface area contributed by atoms with Crippen LogP contribution >= 0.6 is 0 Å². The van der Waals surface area contributed by atoms with Crippen LogP contribution in [-0.2, 0) is 4.43 Å². The lowest BCUT2D eigenvalue weighted by Gasteiger charge is -2.36. The van der Waals surface area contributed by atoms with Crippen LogP contribution in [0.2, 0.25) is 19.6 Å². The Kier molecular flexibility index (Phi) is 6.63. The molecule has 0 unspecified atom stereocenters. The molecule has 0 N–H and O–H groups in total. The summed E-state index contributed by atoms with van der Waals surface area (Å²) in [5, 5.41) is 0. The van der Waals surface area contributed by atoms with Gasteiger partial charge in [0.2, 0.25) is 0 Å². The average Bonchev–Trinajstić information content (AvgIpc) is 2.52. The first-order valence-corrected chi connectivity index (χ1v) is 11.4. The molecule has 110 valence electrons. The lowest BCUT2D eigenvalue weighted by molar-refractivity contribution is 0.0677. The van der Waals surface area contributed by atoms with Crippen molar-refractivity contribution >= 4 is 8.32 Å². The van der Waals surface area contributed by atoms with Crippen molar-refractivity contribution in [3.63, 3.8) is 0 Å². The van der Waals surface area contributed by atoms with Gasteiger partial charge in [0.1, 0.15) is 0 Å². The standard InChI is InChI=1S/C17H32OSi/c1-6-14-17(2,18-19(3,4)5)15-13-16-11-9-7-8-10-12-16/h1,16H,7-15H2,2-5H3/t17-/m1/s1. The Morgan fingerprint density at radius 2 is 1.74 bits per heavy atom. The molecule has 0 aromatic rings. The van der Waals surface area contributed by atoms with Crippen LogP contribution in [0.4, 0.5) is 0 Å². The van der Waals surface area contributed by atoms with Gasteiger partial charge in [-0.2, -0.15) is 0 Å². The van der Waals surface area contributed by atoms with Crippen LogP contribution in [0.5, 0.6) is 0 Å². The minimum absolute atomic E-state index is 0.0917. The Morgan fingerprint density at radius 3 is 2.21 bits per heavy atom. The van der Waals surface area contributed by atoms with Gasteiger partial charge in [-0.05, 0) is 45.3 Å². The molecule has 1 rings (SSSR count). The third kappa shape index (κ3) is 7.18. The molecule has 0 bridgehead atoms. The van der Waals surface area contributed by atoms with Crippen molar-refractivity contribution in [3.05, 3.63) is 0 Å². The first-order valence-electron chi connectivity index (χ1n) is 7.98. The third-order valence-electron chi connectivity index (χ3n) is 4.08. The topological polar surface area (TPSA) is 9.23 Å². The number of terminal acetylenes is 1. The molecule has 1 aliphatic carbocycles. The summed E-state index contributed by atoms with van der Waals surface area (Å²) < 4.78 is 6.38. The zero-order valence-electron chi connectivity index (χ0n) is 13.4. The molecule has 19 heavy (non-hydrogen) atoms. The van der Waals surface area contributed by atoms with E-state index >= 15 is 0 Å². The Bertz CT molecular complexity index is 291. The lowest BCUT2D eigenvalue weighted by atomic mass is 9.88. The smallest absolute Gasteiger partial charge is 0.184 e. The van der Waals surface area contributed by atoms with Crippen molar-refractivity contribution in [3.8, 4) is 12.3 Å². The summed E-state index contributed by atoms with van der Waals surface area (Å²) in [6.45, 7) is 9.00. The molecule has 1 atom stereocenters. The third-order valence-corrected chi connectivity index (χ3v) is 5.19. The summed E-state index contributed by atoms with van der Waals surface area (Å²) in [7, 11) is -1.52. The highest BCUT2D eigenvalue weighted by Gasteiger charge is 2.31. The van der Waals surface area contributed by atoms with Gasteiger partial charge in [-0.3, -0.25) is 0 Å². The Hall–Kier alpha value is -0.263. The zero-order valence-corrected chi connectivity index (χ0v) is 14.4. The number of rotatable bonds is 6. The van der Waals surface area contributed by atoms with Gasteiger partial charge < -0.3 is 4.43 Å². The van der Waals surface area contributed by atoms with Gasteiger partial charge in [-0.15, -0.1) is 12.3 Å². The van der Waals surface area contributed by atoms with Gasteiger partial charge in [0.25, 0.3) is 0 Å². The van der Waals surface area contributed by atoms with E-state index in [1.807, 2.05) is 0 Å². The Balaban J connectivity index is 2.50. The summed E-state index contributed by atoms with van der Waals surface area (Å²) in [4.78, 5) is 0. The van der Waals surface area contributed by atoms with Crippen LogP contribution in [0.1, 0.15) is 64.7 Å². The van der Waals surface area contributed by atoms with Gasteiger partial charge in [0, 0.05) is 6.42 Å². The molecule has 1 nitrogen and oxygen atoms in total. The summed E-state index contributed by atoms with van der Waals surface area (Å²) >= 11 is 0. The fraction of sp³-hybridized carbons (Fsp3) is 0.882. The number of hydrogen-bond donors (Lipinski definition) is 0. The second-order valence-electron chi connectivity index (χ2n) is 7.44. The van der Waals surface area contributed by atoms with Crippen LogP contribution in [0.3, 0.4) is 0 Å². The Labute approximate surface area is 121 Å². The highest BCUT2D eigenvalue weighted by atomic mass is 28.4. The zero-order chi connectivity index (χ0) is 14.4. The molecule has 0 amide bonds. The van der Waals surface area contributed by atoms with Gasteiger partial charge in [0.05, 0.1) is 5.60 Å². The first kappa shape index (κ1) is 16.8. The van der Waals surface area contributed by atoms with Crippen molar-refractivity contribution in [2.75, 3.05) is 0 Å². The van der Waals surface area contributed by atoms with E-state index in [1.165, 1.54) is 44.9 Å². The molecule has 1 aliphatic rings. The van der Waals surface area contributed by atoms with Crippen molar-refractivity contribution in [2.24, 2.45) is 5.92 Å².